The van der Waals surface area contributed by atoms with Crippen molar-refractivity contribution in [2.24, 2.45) is 0 Å². The predicted molar refractivity (Wildman–Crippen MR) is 90.9 cm³/mol. The van der Waals surface area contributed by atoms with E-state index in [9.17, 15) is 13.2 Å². The van der Waals surface area contributed by atoms with Crippen LogP contribution < -0.4 is 0 Å². The summed E-state index contributed by atoms with van der Waals surface area (Å²) >= 11 is 3.26. The van der Waals surface area contributed by atoms with E-state index in [1.54, 1.807) is 48.5 Å². The van der Waals surface area contributed by atoms with Crippen LogP contribution in [0.3, 0.4) is 0 Å². The molecule has 2 aromatic rings. The maximum atomic E-state index is 13.0. The molecule has 0 aromatic heterocycles. The molecule has 0 bridgehead atoms. The van der Waals surface area contributed by atoms with Crippen LogP contribution in [0.1, 0.15) is 23.3 Å². The molecule has 0 fully saturated rings. The third-order valence-corrected chi connectivity index (χ3v) is 7.13. The van der Waals surface area contributed by atoms with Crippen molar-refractivity contribution in [3.63, 3.8) is 0 Å². The summed E-state index contributed by atoms with van der Waals surface area (Å²) in [5.41, 5.74) is 1.58. The van der Waals surface area contributed by atoms with Crippen molar-refractivity contribution in [2.45, 2.75) is 28.8 Å². The Kier molecular flexibility index (Phi) is 5.19. The fourth-order valence-corrected chi connectivity index (χ4v) is 5.22. The summed E-state index contributed by atoms with van der Waals surface area (Å²) < 4.78 is 26.0. The number of ketones is 1. The van der Waals surface area contributed by atoms with Crippen LogP contribution in [0.15, 0.2) is 59.5 Å². The summed E-state index contributed by atoms with van der Waals surface area (Å²) in [6.07, 6.45) is 0. The monoisotopic (exact) mass is 380 g/mol. The summed E-state index contributed by atoms with van der Waals surface area (Å²) in [7, 11) is -3.68. The molecule has 0 saturated carbocycles. The van der Waals surface area contributed by atoms with Gasteiger partial charge in [-0.3, -0.25) is 4.79 Å². The maximum absolute atomic E-state index is 13.0. The van der Waals surface area contributed by atoms with E-state index in [4.69, 9.17) is 0 Å². The number of rotatable bonds is 5. The number of benzene rings is 2. The first-order valence-corrected chi connectivity index (χ1v) is 9.30. The Morgan fingerprint density at radius 1 is 1.00 bits per heavy atom. The Bertz CT molecular complexity index is 752. The maximum Gasteiger partial charge on any atom is 0.186 e. The molecule has 2 unspecified atom stereocenters. The molecule has 0 spiro atoms. The molecule has 22 heavy (non-hydrogen) atoms. The van der Waals surface area contributed by atoms with Gasteiger partial charge in [-0.25, -0.2) is 8.42 Å². The highest BCUT2D eigenvalue weighted by atomic mass is 79.9. The van der Waals surface area contributed by atoms with Gasteiger partial charge in [0.15, 0.2) is 9.84 Å². The van der Waals surface area contributed by atoms with Crippen molar-refractivity contribution in [3.05, 3.63) is 65.7 Å². The molecule has 0 saturated heterocycles. The summed E-state index contributed by atoms with van der Waals surface area (Å²) in [6, 6.07) is 15.5. The average Bonchev–Trinajstić information content (AvgIpc) is 2.48. The van der Waals surface area contributed by atoms with E-state index in [1.165, 1.54) is 6.92 Å². The molecular weight excluding hydrogens is 364 g/mol. The molecule has 0 aliphatic heterocycles. The molecule has 2 rings (SSSR count). The Balaban J connectivity index is 2.58. The van der Waals surface area contributed by atoms with Gasteiger partial charge in [-0.1, -0.05) is 64.0 Å². The fraction of sp³-hybridized carbons (Fsp3) is 0.235. The highest BCUT2D eigenvalue weighted by Crippen LogP contribution is 2.35. The van der Waals surface area contributed by atoms with E-state index >= 15 is 0 Å². The first-order valence-electron chi connectivity index (χ1n) is 6.84. The van der Waals surface area contributed by atoms with E-state index in [2.05, 4.69) is 15.9 Å². The standard InChI is InChI=1S/C17H17BrO3S/c1-12-8-10-15(11-9-12)22(20,21)17(16(18)13(2)19)14-6-4-3-5-7-14/h3-11,16-17H,1-2H3. The van der Waals surface area contributed by atoms with Gasteiger partial charge in [-0.15, -0.1) is 0 Å². The van der Waals surface area contributed by atoms with E-state index in [1.807, 2.05) is 13.0 Å². The quantitative estimate of drug-likeness (QED) is 0.739. The first kappa shape index (κ1) is 16.9. The molecule has 3 nitrogen and oxygen atoms in total. The van der Waals surface area contributed by atoms with Crippen LogP contribution in [0.25, 0.3) is 0 Å². The zero-order valence-corrected chi connectivity index (χ0v) is 14.8. The second kappa shape index (κ2) is 6.75. The largest absolute Gasteiger partial charge is 0.299 e. The van der Waals surface area contributed by atoms with Crippen LogP contribution in [0.2, 0.25) is 0 Å². The molecule has 0 aliphatic rings. The van der Waals surface area contributed by atoms with Crippen molar-refractivity contribution in [3.8, 4) is 0 Å². The zero-order chi connectivity index (χ0) is 16.3. The van der Waals surface area contributed by atoms with Crippen LogP contribution in [0, 0.1) is 6.92 Å². The van der Waals surface area contributed by atoms with Crippen LogP contribution >= 0.6 is 15.9 Å². The van der Waals surface area contributed by atoms with Crippen LogP contribution in [0.5, 0.6) is 0 Å². The lowest BCUT2D eigenvalue weighted by Crippen LogP contribution is -2.27. The van der Waals surface area contributed by atoms with Crippen LogP contribution in [0.4, 0.5) is 0 Å². The van der Waals surface area contributed by atoms with Gasteiger partial charge in [0.2, 0.25) is 0 Å². The minimum absolute atomic E-state index is 0.218. The molecular formula is C17H17BrO3S. The van der Waals surface area contributed by atoms with E-state index in [0.29, 0.717) is 5.56 Å². The highest BCUT2D eigenvalue weighted by molar-refractivity contribution is 9.10. The van der Waals surface area contributed by atoms with Crippen molar-refractivity contribution < 1.29 is 13.2 Å². The lowest BCUT2D eigenvalue weighted by atomic mass is 10.1. The lowest BCUT2D eigenvalue weighted by molar-refractivity contribution is -0.116. The SMILES string of the molecule is CC(=O)C(Br)C(c1ccccc1)S(=O)(=O)c1ccc(C)cc1. The average molecular weight is 381 g/mol. The summed E-state index contributed by atoms with van der Waals surface area (Å²) in [6.45, 7) is 3.29. The number of hydrogen-bond acceptors (Lipinski definition) is 3. The Hall–Kier alpha value is -1.46. The smallest absolute Gasteiger partial charge is 0.186 e. The molecule has 0 heterocycles. The number of carbonyl (C=O) groups is 1. The highest BCUT2D eigenvalue weighted by Gasteiger charge is 2.37. The number of halogens is 1. The normalized spacial score (nSPS) is 14.3. The molecule has 2 aromatic carbocycles. The molecule has 0 amide bonds. The van der Waals surface area contributed by atoms with Crippen molar-refractivity contribution in [1.82, 2.24) is 0 Å². The van der Waals surface area contributed by atoms with Gasteiger partial charge < -0.3 is 0 Å². The van der Waals surface area contributed by atoms with Crippen LogP contribution in [-0.2, 0) is 14.6 Å². The number of sulfone groups is 1. The zero-order valence-electron chi connectivity index (χ0n) is 12.4. The molecule has 2 atom stereocenters. The second-order valence-electron chi connectivity index (χ2n) is 5.20. The Morgan fingerprint density at radius 3 is 2.05 bits per heavy atom. The number of Topliss-reactive ketones (excluding diaryl/α,β-unsaturated/α-hetero) is 1. The Morgan fingerprint density at radius 2 is 1.55 bits per heavy atom. The van der Waals surface area contributed by atoms with Gasteiger partial charge in [0.05, 0.1) is 9.72 Å². The van der Waals surface area contributed by atoms with Crippen molar-refractivity contribution >= 4 is 31.6 Å². The summed E-state index contributed by atoms with van der Waals surface area (Å²) in [5, 5.41) is -0.950. The topological polar surface area (TPSA) is 51.2 Å². The van der Waals surface area contributed by atoms with Crippen molar-refractivity contribution in [2.75, 3.05) is 0 Å². The second-order valence-corrected chi connectivity index (χ2v) is 8.26. The minimum Gasteiger partial charge on any atom is -0.299 e. The van der Waals surface area contributed by atoms with Gasteiger partial charge in [0.1, 0.15) is 11.0 Å². The molecule has 0 N–H and O–H groups in total. The summed E-state index contributed by atoms with van der Waals surface area (Å²) in [4.78, 5) is 11.2. The third-order valence-electron chi connectivity index (χ3n) is 3.47. The summed E-state index contributed by atoms with van der Waals surface area (Å²) in [5.74, 6) is -0.218. The molecule has 0 radical (unpaired) electrons. The van der Waals surface area contributed by atoms with Gasteiger partial charge in [-0.2, -0.15) is 0 Å². The number of carbonyl (C=O) groups excluding carboxylic acids is 1. The fourth-order valence-electron chi connectivity index (χ4n) is 2.24. The van der Waals surface area contributed by atoms with Gasteiger partial charge in [0.25, 0.3) is 0 Å². The molecule has 0 aliphatic carbocycles. The number of hydrogen-bond donors (Lipinski definition) is 0. The van der Waals surface area contributed by atoms with E-state index in [0.717, 1.165) is 5.56 Å². The lowest BCUT2D eigenvalue weighted by Gasteiger charge is -2.22. The van der Waals surface area contributed by atoms with E-state index in [-0.39, 0.29) is 10.7 Å². The first-order chi connectivity index (χ1) is 10.3. The van der Waals surface area contributed by atoms with Crippen LogP contribution in [-0.4, -0.2) is 19.0 Å². The van der Waals surface area contributed by atoms with Gasteiger partial charge in [0, 0.05) is 0 Å². The third kappa shape index (κ3) is 3.47. The molecule has 116 valence electrons. The van der Waals surface area contributed by atoms with Gasteiger partial charge >= 0.3 is 0 Å². The van der Waals surface area contributed by atoms with Crippen molar-refractivity contribution in [1.29, 1.82) is 0 Å². The minimum atomic E-state index is -3.68. The van der Waals surface area contributed by atoms with E-state index < -0.39 is 19.9 Å². The Labute approximate surface area is 139 Å². The van der Waals surface area contributed by atoms with Gasteiger partial charge in [-0.05, 0) is 31.5 Å². The number of aryl methyl sites for hydroxylation is 1. The molecule has 5 heteroatoms. The predicted octanol–water partition coefficient (Wildman–Crippen LogP) is 3.86. The number of alkyl halides is 1.